The van der Waals surface area contributed by atoms with Crippen molar-refractivity contribution >= 4 is 0 Å². The Hall–Kier alpha value is -4.25. The molecule has 6 aromatic rings. The van der Waals surface area contributed by atoms with Gasteiger partial charge in [0.25, 0.3) is 0 Å². The SMILES string of the molecule is [Ni].[c-]1ncc[nH]1.[c-]1ncc[nH]1.[c-]1ncc[nH]1.[c-]1ncc[nH]1.[c-]1ncc[nH]1.[c-]1ncc[nH]1. The van der Waals surface area contributed by atoms with E-state index < -0.39 is 0 Å². The third-order valence-electron chi connectivity index (χ3n) is 2.17. The molecule has 0 amide bonds. The van der Waals surface area contributed by atoms with Gasteiger partial charge in [-0.05, 0) is 38.0 Å². The minimum absolute atomic E-state index is 0. The molecule has 0 saturated carbocycles. The first-order valence-electron chi connectivity index (χ1n) is 8.12. The maximum absolute atomic E-state index is 3.54. The predicted octanol–water partition coefficient (Wildman–Crippen LogP) is 1.26. The number of hydrogen-bond donors (Lipinski definition) is 6. The molecule has 0 aromatic carbocycles. The van der Waals surface area contributed by atoms with E-state index in [0.717, 1.165) is 0 Å². The number of nitrogens with one attached hydrogen (secondary N) is 6. The third-order valence-corrected chi connectivity index (χ3v) is 2.17. The minimum atomic E-state index is 0. The molecule has 0 bridgehead atoms. The van der Waals surface area contributed by atoms with Crippen LogP contribution < -0.4 is 0 Å². The van der Waals surface area contributed by atoms with Gasteiger partial charge in [-0.2, -0.15) is 0 Å². The molecule has 31 heavy (non-hydrogen) atoms. The fourth-order valence-electron chi connectivity index (χ4n) is 1.12. The van der Waals surface area contributed by atoms with E-state index in [9.17, 15) is 0 Å². The summed E-state index contributed by atoms with van der Waals surface area (Å²) < 4.78 is 0. The van der Waals surface area contributed by atoms with Crippen LogP contribution in [-0.4, -0.2) is 59.8 Å². The Morgan fingerprint density at radius 3 is 0.516 bits per heavy atom. The van der Waals surface area contributed by atoms with Gasteiger partial charge in [-0.15, -0.1) is 74.4 Å². The van der Waals surface area contributed by atoms with Crippen LogP contribution in [0.25, 0.3) is 0 Å². The van der Waals surface area contributed by atoms with Crippen molar-refractivity contribution < 1.29 is 16.5 Å². The number of hydrogen-bond acceptors (Lipinski definition) is 6. The van der Waals surface area contributed by atoms with Crippen LogP contribution in [0.2, 0.25) is 0 Å². The van der Waals surface area contributed by atoms with Crippen LogP contribution in [0, 0.1) is 38.0 Å². The van der Waals surface area contributed by atoms with Gasteiger partial charge in [0.05, 0.1) is 0 Å². The van der Waals surface area contributed by atoms with Crippen molar-refractivity contribution in [3.63, 3.8) is 0 Å². The van der Waals surface area contributed by atoms with Crippen molar-refractivity contribution in [2.24, 2.45) is 0 Å². The Labute approximate surface area is 188 Å². The summed E-state index contributed by atoms with van der Waals surface area (Å²) in [5, 5.41) is 0. The summed E-state index contributed by atoms with van der Waals surface area (Å²) >= 11 is 0. The summed E-state index contributed by atoms with van der Waals surface area (Å²) in [4.78, 5) is 37.0. The molecule has 12 nitrogen and oxygen atoms in total. The van der Waals surface area contributed by atoms with Gasteiger partial charge in [0.2, 0.25) is 0 Å². The number of aromatic amines is 6. The van der Waals surface area contributed by atoms with E-state index in [1.165, 1.54) is 0 Å². The summed E-state index contributed by atoms with van der Waals surface area (Å²) in [6, 6.07) is 0. The van der Waals surface area contributed by atoms with Crippen LogP contribution in [-0.2, 0) is 16.5 Å². The van der Waals surface area contributed by atoms with Gasteiger partial charge in [0.15, 0.2) is 0 Å². The predicted molar refractivity (Wildman–Crippen MR) is 105 cm³/mol. The van der Waals surface area contributed by atoms with Crippen LogP contribution in [0.1, 0.15) is 0 Å². The summed E-state index contributed by atoms with van der Waals surface area (Å²) in [6.07, 6.45) is 35.0. The van der Waals surface area contributed by atoms with Crippen molar-refractivity contribution in [2.75, 3.05) is 0 Å². The molecular weight excluding hydrogens is 443 g/mol. The molecule has 0 aliphatic carbocycles. The molecule has 166 valence electrons. The van der Waals surface area contributed by atoms with E-state index in [1.807, 2.05) is 0 Å². The van der Waals surface area contributed by atoms with E-state index in [-0.39, 0.29) is 16.5 Å². The molecule has 0 spiro atoms. The third kappa shape index (κ3) is 21.9. The minimum Gasteiger partial charge on any atom is -0.467 e. The first-order chi connectivity index (χ1) is 15.0. The van der Waals surface area contributed by atoms with Crippen molar-refractivity contribution in [1.29, 1.82) is 0 Å². The molecule has 0 radical (unpaired) electrons. The van der Waals surface area contributed by atoms with Crippen LogP contribution in [0.4, 0.5) is 0 Å². The first-order valence-corrected chi connectivity index (χ1v) is 8.12. The number of H-pyrrole nitrogens is 6. The standard InChI is InChI=1S/6C3H3N2.Ni/c6*1-2-5-3-4-1;/h6*1-2H,(H,4,5);/q6*-1;. The molecule has 0 aliphatic heterocycles. The molecule has 0 unspecified atom stereocenters. The molecular formula is C18H18N12Ni-6. The summed E-state index contributed by atoms with van der Waals surface area (Å²) in [5.41, 5.74) is 0. The van der Waals surface area contributed by atoms with Crippen LogP contribution in [0.3, 0.4) is 0 Å². The Balaban J connectivity index is 0.000000346. The van der Waals surface area contributed by atoms with Gasteiger partial charge in [0.1, 0.15) is 0 Å². The van der Waals surface area contributed by atoms with Gasteiger partial charge in [-0.1, -0.05) is 0 Å². The number of imidazole rings is 6. The molecule has 6 rings (SSSR count). The average Bonchev–Trinajstić information content (AvgIpc) is 3.69. The Bertz CT molecular complexity index is 578. The fraction of sp³-hybridized carbons (Fsp3) is 0. The Morgan fingerprint density at radius 1 is 0.323 bits per heavy atom. The molecule has 0 aliphatic rings. The molecule has 0 saturated heterocycles. The van der Waals surface area contributed by atoms with Gasteiger partial charge in [0, 0.05) is 16.5 Å². The Kier molecular flexibility index (Phi) is 20.5. The van der Waals surface area contributed by atoms with E-state index in [0.29, 0.717) is 0 Å². The van der Waals surface area contributed by atoms with Gasteiger partial charge < -0.3 is 59.8 Å². The number of nitrogens with zero attached hydrogens (tertiary/aromatic N) is 6. The molecule has 6 aromatic heterocycles. The average molecular weight is 461 g/mol. The van der Waals surface area contributed by atoms with Gasteiger partial charge in [-0.25, -0.2) is 0 Å². The maximum Gasteiger partial charge on any atom is 0 e. The van der Waals surface area contributed by atoms with E-state index >= 15 is 0 Å². The van der Waals surface area contributed by atoms with Crippen molar-refractivity contribution in [3.8, 4) is 0 Å². The zero-order chi connectivity index (χ0) is 21.2. The van der Waals surface area contributed by atoms with Gasteiger partial charge in [-0.3, -0.25) is 0 Å². The second kappa shape index (κ2) is 23.8. The van der Waals surface area contributed by atoms with E-state index in [2.05, 4.69) is 97.8 Å². The quantitative estimate of drug-likeness (QED) is 0.147. The summed E-state index contributed by atoms with van der Waals surface area (Å²) in [6.45, 7) is 0. The topological polar surface area (TPSA) is 172 Å². The molecule has 6 heterocycles. The van der Waals surface area contributed by atoms with Crippen molar-refractivity contribution in [1.82, 2.24) is 59.8 Å². The second-order valence-corrected chi connectivity index (χ2v) is 4.21. The smallest absolute Gasteiger partial charge is 0 e. The van der Waals surface area contributed by atoms with Crippen LogP contribution in [0.5, 0.6) is 0 Å². The fourth-order valence-corrected chi connectivity index (χ4v) is 1.12. The summed E-state index contributed by atoms with van der Waals surface area (Å²) in [7, 11) is 0. The zero-order valence-corrected chi connectivity index (χ0v) is 16.9. The number of rotatable bonds is 0. The largest absolute Gasteiger partial charge is 0.467 e. The van der Waals surface area contributed by atoms with E-state index in [4.69, 9.17) is 0 Å². The van der Waals surface area contributed by atoms with Crippen molar-refractivity contribution in [2.45, 2.75) is 0 Å². The monoisotopic (exact) mass is 460 g/mol. The second-order valence-electron chi connectivity index (χ2n) is 4.21. The Morgan fingerprint density at radius 2 is 0.484 bits per heavy atom. The van der Waals surface area contributed by atoms with Crippen molar-refractivity contribution in [3.05, 3.63) is 112 Å². The van der Waals surface area contributed by atoms with Gasteiger partial charge >= 0.3 is 0 Å². The normalized spacial score (nSPS) is 7.74. The molecule has 0 atom stereocenters. The maximum atomic E-state index is 3.54. The molecule has 0 fully saturated rings. The number of aromatic nitrogens is 12. The van der Waals surface area contributed by atoms with Crippen LogP contribution >= 0.6 is 0 Å². The zero-order valence-electron chi connectivity index (χ0n) is 15.9. The first kappa shape index (κ1) is 26.8. The van der Waals surface area contributed by atoms with E-state index in [1.54, 1.807) is 74.4 Å². The van der Waals surface area contributed by atoms with Crippen LogP contribution in [0.15, 0.2) is 74.4 Å². The molecule has 13 heteroatoms. The summed E-state index contributed by atoms with van der Waals surface area (Å²) in [5.74, 6) is 0. The molecule has 6 N–H and O–H groups in total.